The average molecular weight is 841 g/mol. The minimum atomic E-state index is 1.08. The molecule has 0 radical (unpaired) electrons. The lowest BCUT2D eigenvalue weighted by Gasteiger charge is -2.28. The lowest BCUT2D eigenvalue weighted by molar-refractivity contribution is 1.18. The van der Waals surface area contributed by atoms with Crippen LogP contribution in [0.15, 0.2) is 267 Å². The monoisotopic (exact) mass is 840 g/mol. The zero-order chi connectivity index (χ0) is 43.8. The Balaban J connectivity index is 0.948. The number of nitrogens with zero attached hydrogens (tertiary/aromatic N) is 2. The van der Waals surface area contributed by atoms with Crippen LogP contribution in [0.5, 0.6) is 0 Å². The smallest absolute Gasteiger partial charge is 0.0547 e. The van der Waals surface area contributed by atoms with Crippen LogP contribution in [-0.2, 0) is 0 Å². The van der Waals surface area contributed by atoms with Crippen LogP contribution in [0.2, 0.25) is 0 Å². The van der Waals surface area contributed by atoms with Crippen LogP contribution in [-0.4, -0.2) is 4.57 Å². The van der Waals surface area contributed by atoms with Gasteiger partial charge in [-0.1, -0.05) is 206 Å². The first-order valence-corrected chi connectivity index (χ1v) is 22.7. The summed E-state index contributed by atoms with van der Waals surface area (Å²) in [4.78, 5) is 2.40. The molecule has 0 unspecified atom stereocenters. The molecule has 0 amide bonds. The second-order valence-electron chi connectivity index (χ2n) is 16.9. The molecular weight excluding hydrogens is 797 g/mol. The van der Waals surface area contributed by atoms with E-state index >= 15 is 0 Å². The third kappa shape index (κ3) is 7.02. The fourth-order valence-corrected chi connectivity index (χ4v) is 9.87. The van der Waals surface area contributed by atoms with Crippen LogP contribution in [0.25, 0.3) is 93.9 Å². The Morgan fingerprint density at radius 1 is 0.273 bits per heavy atom. The molecule has 0 atom stereocenters. The maximum atomic E-state index is 2.40. The Kier molecular flexibility index (Phi) is 9.89. The molecule has 0 aliphatic rings. The van der Waals surface area contributed by atoms with Crippen LogP contribution in [0.4, 0.5) is 17.1 Å². The fourth-order valence-electron chi connectivity index (χ4n) is 9.87. The second kappa shape index (κ2) is 16.8. The lowest BCUT2D eigenvalue weighted by atomic mass is 9.94. The van der Waals surface area contributed by atoms with Gasteiger partial charge < -0.3 is 9.47 Å². The molecule has 0 saturated heterocycles. The molecule has 66 heavy (non-hydrogen) atoms. The van der Waals surface area contributed by atoms with Gasteiger partial charge in [-0.15, -0.1) is 0 Å². The quantitative estimate of drug-likeness (QED) is 0.141. The van der Waals surface area contributed by atoms with Crippen molar-refractivity contribution in [1.82, 2.24) is 4.57 Å². The van der Waals surface area contributed by atoms with Crippen LogP contribution in [0.3, 0.4) is 0 Å². The van der Waals surface area contributed by atoms with Gasteiger partial charge in [0.25, 0.3) is 0 Å². The Morgan fingerprint density at radius 2 is 0.727 bits per heavy atom. The summed E-state index contributed by atoms with van der Waals surface area (Å²) in [5.74, 6) is 0. The van der Waals surface area contributed by atoms with Gasteiger partial charge in [0.2, 0.25) is 0 Å². The Hall–Kier alpha value is -8.72. The maximum absolute atomic E-state index is 2.40. The number of hydrogen-bond donors (Lipinski definition) is 0. The summed E-state index contributed by atoms with van der Waals surface area (Å²) in [6.45, 7) is 0. The Bertz CT molecular complexity index is 3660. The molecule has 1 heterocycles. The predicted octanol–water partition coefficient (Wildman–Crippen LogP) is 17.7. The van der Waals surface area contributed by atoms with Crippen LogP contribution in [0.1, 0.15) is 0 Å². The molecule has 0 saturated carbocycles. The van der Waals surface area contributed by atoms with Crippen molar-refractivity contribution in [2.75, 3.05) is 4.90 Å². The van der Waals surface area contributed by atoms with Gasteiger partial charge in [0, 0.05) is 33.4 Å². The number of hydrogen-bond acceptors (Lipinski definition) is 1. The van der Waals surface area contributed by atoms with E-state index in [1.807, 2.05) is 0 Å². The van der Waals surface area contributed by atoms with Gasteiger partial charge in [-0.3, -0.25) is 0 Å². The molecule has 2 nitrogen and oxygen atoms in total. The lowest BCUT2D eigenvalue weighted by Crippen LogP contribution is -2.11. The van der Waals surface area contributed by atoms with E-state index in [2.05, 4.69) is 276 Å². The predicted molar refractivity (Wildman–Crippen MR) is 280 cm³/mol. The SMILES string of the molecule is c1ccc(-c2ccc(N(c3ccc(-c4ccc(-c5cccc6ccccc56)cc4)cc3)c3ccccc3-c3cccc(-c4cccc5c4c4ccccc4n5-c4ccccc4)c3)cc2)cc1. The number of rotatable bonds is 9. The van der Waals surface area contributed by atoms with Crippen molar-refractivity contribution in [3.05, 3.63) is 267 Å². The number of anilines is 3. The van der Waals surface area contributed by atoms with Gasteiger partial charge in [0.05, 0.1) is 16.7 Å². The van der Waals surface area contributed by atoms with Gasteiger partial charge in [0.15, 0.2) is 0 Å². The van der Waals surface area contributed by atoms with E-state index in [1.165, 1.54) is 77.1 Å². The Labute approximate surface area is 385 Å². The molecule has 0 spiro atoms. The highest BCUT2D eigenvalue weighted by molar-refractivity contribution is 6.16. The van der Waals surface area contributed by atoms with E-state index in [9.17, 15) is 0 Å². The van der Waals surface area contributed by atoms with Crippen molar-refractivity contribution in [2.24, 2.45) is 0 Å². The first-order chi connectivity index (χ1) is 32.7. The third-order valence-corrected chi connectivity index (χ3v) is 13.0. The summed E-state index contributed by atoms with van der Waals surface area (Å²) in [6, 6.07) is 96.8. The number of para-hydroxylation sites is 3. The largest absolute Gasteiger partial charge is 0.310 e. The highest BCUT2D eigenvalue weighted by Gasteiger charge is 2.20. The summed E-state index contributed by atoms with van der Waals surface area (Å²) >= 11 is 0. The summed E-state index contributed by atoms with van der Waals surface area (Å²) in [5.41, 5.74) is 18.7. The topological polar surface area (TPSA) is 8.17 Å². The number of aromatic nitrogens is 1. The average Bonchev–Trinajstić information content (AvgIpc) is 3.74. The molecule has 11 aromatic carbocycles. The van der Waals surface area contributed by atoms with Crippen molar-refractivity contribution in [2.45, 2.75) is 0 Å². The molecular formula is C64H44N2. The van der Waals surface area contributed by atoms with E-state index in [4.69, 9.17) is 0 Å². The minimum Gasteiger partial charge on any atom is -0.310 e. The van der Waals surface area contributed by atoms with Gasteiger partial charge >= 0.3 is 0 Å². The van der Waals surface area contributed by atoms with Crippen molar-refractivity contribution in [3.8, 4) is 61.3 Å². The molecule has 12 rings (SSSR count). The molecule has 0 aliphatic carbocycles. The number of benzene rings is 11. The summed E-state index contributed by atoms with van der Waals surface area (Å²) in [6.07, 6.45) is 0. The zero-order valence-corrected chi connectivity index (χ0v) is 36.3. The molecule has 310 valence electrons. The fraction of sp³-hybridized carbons (Fsp3) is 0. The third-order valence-electron chi connectivity index (χ3n) is 13.0. The van der Waals surface area contributed by atoms with Crippen molar-refractivity contribution >= 4 is 49.6 Å². The molecule has 0 bridgehead atoms. The second-order valence-corrected chi connectivity index (χ2v) is 16.9. The van der Waals surface area contributed by atoms with E-state index < -0.39 is 0 Å². The minimum absolute atomic E-state index is 1.08. The highest BCUT2D eigenvalue weighted by atomic mass is 15.1. The van der Waals surface area contributed by atoms with E-state index in [1.54, 1.807) is 0 Å². The van der Waals surface area contributed by atoms with Crippen molar-refractivity contribution in [3.63, 3.8) is 0 Å². The molecule has 0 fully saturated rings. The normalized spacial score (nSPS) is 11.3. The van der Waals surface area contributed by atoms with E-state index in [0.29, 0.717) is 0 Å². The van der Waals surface area contributed by atoms with Gasteiger partial charge in [-0.05, 0) is 122 Å². The van der Waals surface area contributed by atoms with Gasteiger partial charge in [-0.25, -0.2) is 0 Å². The summed E-state index contributed by atoms with van der Waals surface area (Å²) < 4.78 is 2.39. The van der Waals surface area contributed by atoms with Crippen LogP contribution < -0.4 is 4.90 Å². The zero-order valence-electron chi connectivity index (χ0n) is 36.3. The molecule has 1 aromatic heterocycles. The van der Waals surface area contributed by atoms with Crippen molar-refractivity contribution in [1.29, 1.82) is 0 Å². The van der Waals surface area contributed by atoms with E-state index in [0.717, 1.165) is 33.9 Å². The van der Waals surface area contributed by atoms with Crippen LogP contribution in [0, 0.1) is 0 Å². The maximum Gasteiger partial charge on any atom is 0.0547 e. The standard InChI is InChI=1S/C64H44N2/c1-3-16-45(17-4-1)47-36-40-54(41-37-47)65(55-42-38-48(39-43-55)46-32-34-50(35-33-46)57-27-14-19-49-18-7-8-24-56(49)57)61-29-11-9-25-58(61)51-20-13-21-52(44-51)59-28-15-31-63-64(59)60-26-10-12-30-62(60)66(63)53-22-5-2-6-23-53/h1-44H. The number of fused-ring (bicyclic) bond motifs is 4. The van der Waals surface area contributed by atoms with Gasteiger partial charge in [0.1, 0.15) is 0 Å². The molecule has 0 N–H and O–H groups in total. The molecule has 2 heteroatoms. The Morgan fingerprint density at radius 3 is 1.45 bits per heavy atom. The first-order valence-electron chi connectivity index (χ1n) is 22.7. The first kappa shape index (κ1) is 38.9. The van der Waals surface area contributed by atoms with E-state index in [-0.39, 0.29) is 0 Å². The molecule has 0 aliphatic heterocycles. The molecule has 12 aromatic rings. The van der Waals surface area contributed by atoms with Gasteiger partial charge in [-0.2, -0.15) is 0 Å². The summed E-state index contributed by atoms with van der Waals surface area (Å²) in [7, 11) is 0. The summed E-state index contributed by atoms with van der Waals surface area (Å²) in [5, 5.41) is 5.02. The van der Waals surface area contributed by atoms with Crippen LogP contribution >= 0.6 is 0 Å². The van der Waals surface area contributed by atoms with Crippen molar-refractivity contribution < 1.29 is 0 Å². The highest BCUT2D eigenvalue weighted by Crippen LogP contribution is 2.44.